The Hall–Kier alpha value is -2.48. The molecule has 1 amide bonds. The lowest BCUT2D eigenvalue weighted by Crippen LogP contribution is -2.49. The van der Waals surface area contributed by atoms with Crippen molar-refractivity contribution in [1.82, 2.24) is 5.32 Å². The second-order valence-corrected chi connectivity index (χ2v) is 7.75. The molecular weight excluding hydrogens is 394 g/mol. The second kappa shape index (κ2) is 10.9. The molecule has 1 aromatic heterocycles. The minimum Gasteiger partial charge on any atom is -0.548 e. The maximum absolute atomic E-state index is 12.1. The Bertz CT molecular complexity index is 923. The van der Waals surface area contributed by atoms with Crippen LogP contribution in [0.3, 0.4) is 0 Å². The predicted octanol–water partition coefficient (Wildman–Crippen LogP) is 1.81. The number of nitrogens with one attached hydrogen (secondary N) is 1. The van der Waals surface area contributed by atoms with Gasteiger partial charge in [-0.05, 0) is 55.9 Å². The minimum absolute atomic E-state index is 0.274. The number of aryl methyl sites for hydroxylation is 2. The van der Waals surface area contributed by atoms with Crippen molar-refractivity contribution in [1.29, 1.82) is 0 Å². The predicted molar refractivity (Wildman–Crippen MR) is 111 cm³/mol. The molecule has 0 spiro atoms. The number of rotatable bonds is 11. The van der Waals surface area contributed by atoms with Crippen molar-refractivity contribution in [2.45, 2.75) is 45.6 Å². The second-order valence-electron chi connectivity index (χ2n) is 6.77. The molecule has 1 atom stereocenters. The Labute approximate surface area is 173 Å². The maximum atomic E-state index is 12.1. The lowest BCUT2D eigenvalue weighted by molar-refractivity contribution is -0.308. The molecule has 0 saturated carbocycles. The molecule has 0 aliphatic carbocycles. The summed E-state index contributed by atoms with van der Waals surface area (Å²) in [6.45, 7) is 3.49. The van der Waals surface area contributed by atoms with Crippen LogP contribution in [0.25, 0.3) is 11.0 Å². The first-order valence-corrected chi connectivity index (χ1v) is 10.9. The van der Waals surface area contributed by atoms with Gasteiger partial charge in [-0.2, -0.15) is 11.8 Å². The molecule has 1 N–H and O–H groups in total. The number of unbranched alkanes of at least 4 members (excludes halogenated alkanes) is 1. The van der Waals surface area contributed by atoms with E-state index in [0.29, 0.717) is 22.6 Å². The number of aliphatic carboxylic acids is 1. The summed E-state index contributed by atoms with van der Waals surface area (Å²) in [6, 6.07) is 3.99. The molecule has 0 fully saturated rings. The zero-order chi connectivity index (χ0) is 21.4. The lowest BCUT2D eigenvalue weighted by atomic mass is 10.0. The quantitative estimate of drug-likeness (QED) is 0.552. The third kappa shape index (κ3) is 6.25. The molecule has 0 radical (unpaired) electrons. The van der Waals surface area contributed by atoms with E-state index < -0.39 is 23.5 Å². The van der Waals surface area contributed by atoms with Gasteiger partial charge in [0.2, 0.25) is 0 Å². The van der Waals surface area contributed by atoms with Crippen molar-refractivity contribution < 1.29 is 23.8 Å². The number of amides is 1. The monoisotopic (exact) mass is 420 g/mol. The van der Waals surface area contributed by atoms with E-state index in [1.807, 2.05) is 12.3 Å². The average Bonchev–Trinajstić information content (AvgIpc) is 2.69. The molecule has 29 heavy (non-hydrogen) atoms. The summed E-state index contributed by atoms with van der Waals surface area (Å²) in [6.07, 6.45) is 4.88. The number of hydrogen-bond donors (Lipinski definition) is 1. The molecule has 1 aromatic carbocycles. The van der Waals surface area contributed by atoms with Gasteiger partial charge in [-0.15, -0.1) is 0 Å². The zero-order valence-electron chi connectivity index (χ0n) is 16.9. The van der Waals surface area contributed by atoms with E-state index in [1.54, 1.807) is 13.0 Å². The third-order valence-electron chi connectivity index (χ3n) is 4.59. The van der Waals surface area contributed by atoms with E-state index in [4.69, 9.17) is 9.15 Å². The van der Waals surface area contributed by atoms with Gasteiger partial charge < -0.3 is 24.4 Å². The van der Waals surface area contributed by atoms with Crippen LogP contribution in [0, 0.1) is 6.92 Å². The van der Waals surface area contributed by atoms with E-state index in [0.717, 1.165) is 30.2 Å². The fraction of sp³-hybridized carbons (Fsp3) is 0.476. The van der Waals surface area contributed by atoms with Crippen LogP contribution >= 0.6 is 11.8 Å². The fourth-order valence-corrected chi connectivity index (χ4v) is 3.47. The molecule has 2 rings (SSSR count). The number of hydrogen-bond acceptors (Lipinski definition) is 7. The van der Waals surface area contributed by atoms with Gasteiger partial charge in [0.1, 0.15) is 11.3 Å². The largest absolute Gasteiger partial charge is 0.548 e. The van der Waals surface area contributed by atoms with Crippen LogP contribution < -0.4 is 20.8 Å². The summed E-state index contributed by atoms with van der Waals surface area (Å²) in [4.78, 5) is 35.2. The standard InChI is InChI=1S/C21H27NO6S/c1-4-5-6-14-11-19(24)28-20-13(2)17(8-7-15(14)20)27-12-18(23)22-16(21(25)26)9-10-29-3/h7-8,11,16H,4-6,9-10,12H2,1-3H3,(H,22,23)(H,25,26)/p-1/t16-/m0/s1. The Morgan fingerprint density at radius 1 is 1.34 bits per heavy atom. The van der Waals surface area contributed by atoms with Crippen molar-refractivity contribution in [2.75, 3.05) is 18.6 Å². The normalized spacial score (nSPS) is 12.0. The van der Waals surface area contributed by atoms with Crippen molar-refractivity contribution in [3.63, 3.8) is 0 Å². The van der Waals surface area contributed by atoms with Gasteiger partial charge in [-0.25, -0.2) is 4.79 Å². The SMILES string of the molecule is CCCCc1cc(=O)oc2c(C)c(OCC(=O)N[C@@H](CCSC)C(=O)[O-])ccc12. The molecule has 0 unspecified atom stereocenters. The first-order chi connectivity index (χ1) is 13.9. The number of ether oxygens (including phenoxy) is 1. The number of thioether (sulfide) groups is 1. The first-order valence-electron chi connectivity index (χ1n) is 9.55. The minimum atomic E-state index is -1.32. The highest BCUT2D eigenvalue weighted by Crippen LogP contribution is 2.29. The van der Waals surface area contributed by atoms with E-state index >= 15 is 0 Å². The van der Waals surface area contributed by atoms with Crippen LogP contribution in [-0.4, -0.2) is 36.5 Å². The van der Waals surface area contributed by atoms with Gasteiger partial charge in [0.25, 0.3) is 5.91 Å². The van der Waals surface area contributed by atoms with Crippen molar-refractivity contribution in [3.05, 3.63) is 39.7 Å². The number of carboxylic acids is 1. The molecule has 158 valence electrons. The Morgan fingerprint density at radius 3 is 2.76 bits per heavy atom. The molecule has 7 nitrogen and oxygen atoms in total. The van der Waals surface area contributed by atoms with E-state index in [9.17, 15) is 19.5 Å². The summed E-state index contributed by atoms with van der Waals surface area (Å²) in [5.41, 5.74) is 1.56. The summed E-state index contributed by atoms with van der Waals surface area (Å²) >= 11 is 1.49. The van der Waals surface area contributed by atoms with E-state index in [-0.39, 0.29) is 13.0 Å². The third-order valence-corrected chi connectivity index (χ3v) is 5.23. The van der Waals surface area contributed by atoms with Crippen molar-refractivity contribution in [3.8, 4) is 5.75 Å². The van der Waals surface area contributed by atoms with Crippen LogP contribution in [-0.2, 0) is 16.0 Å². The smallest absolute Gasteiger partial charge is 0.336 e. The van der Waals surface area contributed by atoms with Gasteiger partial charge in [0, 0.05) is 17.0 Å². The number of benzene rings is 1. The first kappa shape index (κ1) is 22.8. The maximum Gasteiger partial charge on any atom is 0.336 e. The van der Waals surface area contributed by atoms with Gasteiger partial charge in [0.15, 0.2) is 6.61 Å². The highest BCUT2D eigenvalue weighted by molar-refractivity contribution is 7.98. The zero-order valence-corrected chi connectivity index (χ0v) is 17.7. The molecule has 8 heteroatoms. The van der Waals surface area contributed by atoms with Crippen LogP contribution in [0.5, 0.6) is 5.75 Å². The highest BCUT2D eigenvalue weighted by Gasteiger charge is 2.16. The van der Waals surface area contributed by atoms with Crippen molar-refractivity contribution in [2.24, 2.45) is 0 Å². The Morgan fingerprint density at radius 2 is 2.10 bits per heavy atom. The van der Waals surface area contributed by atoms with Gasteiger partial charge in [-0.3, -0.25) is 4.79 Å². The number of carbonyl (C=O) groups is 2. The molecular formula is C21H26NO6S-. The average molecular weight is 421 g/mol. The van der Waals surface area contributed by atoms with Crippen LogP contribution in [0.1, 0.15) is 37.3 Å². The topological polar surface area (TPSA) is 109 Å². The number of carbonyl (C=O) groups excluding carboxylic acids is 2. The van der Waals surface area contributed by atoms with Crippen LogP contribution in [0.4, 0.5) is 0 Å². The molecule has 0 aliphatic heterocycles. The van der Waals surface area contributed by atoms with E-state index in [2.05, 4.69) is 12.2 Å². The summed E-state index contributed by atoms with van der Waals surface area (Å²) < 4.78 is 10.9. The number of carboxylic acid groups (broad SMARTS) is 1. The molecule has 2 aromatic rings. The molecule has 0 aliphatic rings. The summed E-state index contributed by atoms with van der Waals surface area (Å²) in [7, 11) is 0. The fourth-order valence-electron chi connectivity index (χ4n) is 3.00. The molecule has 0 saturated heterocycles. The van der Waals surface area contributed by atoms with Gasteiger partial charge >= 0.3 is 5.63 Å². The van der Waals surface area contributed by atoms with Crippen LogP contribution in [0.2, 0.25) is 0 Å². The summed E-state index contributed by atoms with van der Waals surface area (Å²) in [5.74, 6) is -0.894. The highest BCUT2D eigenvalue weighted by atomic mass is 32.2. The Balaban J connectivity index is 2.14. The summed E-state index contributed by atoms with van der Waals surface area (Å²) in [5, 5.41) is 14.4. The lowest BCUT2D eigenvalue weighted by Gasteiger charge is -2.19. The van der Waals surface area contributed by atoms with Gasteiger partial charge in [-0.1, -0.05) is 13.3 Å². The van der Waals surface area contributed by atoms with E-state index in [1.165, 1.54) is 17.8 Å². The van der Waals surface area contributed by atoms with Crippen molar-refractivity contribution >= 4 is 34.6 Å². The Kier molecular flexibility index (Phi) is 8.57. The number of fused-ring (bicyclic) bond motifs is 1. The molecule has 0 bridgehead atoms. The van der Waals surface area contributed by atoms with Gasteiger partial charge in [0.05, 0.1) is 12.0 Å². The van der Waals surface area contributed by atoms with Crippen LogP contribution in [0.15, 0.2) is 27.4 Å². The molecule has 1 heterocycles.